The maximum absolute atomic E-state index is 13.9. The second-order valence-corrected chi connectivity index (χ2v) is 12.5. The standard InChI is InChI=1S/C28H40O5/c1-15(29)26-21(19-6-5-7-24(19)31)13-23-20-9-8-17-12-18(33-16(2)30)10-11-27(17,3)22(20)14-25(32)28(23,26)4/h17-23,26H,5-14H2,1-4H3/t17-,18+,19+,20-,21+,22+,23+,26+,27+,28-/m1/s1. The highest BCUT2D eigenvalue weighted by molar-refractivity contribution is 5.94. The number of hydrogen-bond acceptors (Lipinski definition) is 5. The summed E-state index contributed by atoms with van der Waals surface area (Å²) in [5, 5.41) is 0. The minimum Gasteiger partial charge on any atom is -0.463 e. The van der Waals surface area contributed by atoms with E-state index >= 15 is 0 Å². The van der Waals surface area contributed by atoms with Gasteiger partial charge in [0.15, 0.2) is 0 Å². The fourth-order valence-electron chi connectivity index (χ4n) is 9.79. The minimum absolute atomic E-state index is 0.00742. The number of hydrogen-bond donors (Lipinski definition) is 0. The van der Waals surface area contributed by atoms with Crippen LogP contribution in [0.5, 0.6) is 0 Å². The molecule has 5 nitrogen and oxygen atoms in total. The number of carbonyl (C=O) groups excluding carboxylic acids is 4. The fraction of sp³-hybridized carbons (Fsp3) is 0.857. The Morgan fingerprint density at radius 1 is 0.939 bits per heavy atom. The van der Waals surface area contributed by atoms with Crippen molar-refractivity contribution in [1.82, 2.24) is 0 Å². The monoisotopic (exact) mass is 456 g/mol. The molecule has 0 heterocycles. The summed E-state index contributed by atoms with van der Waals surface area (Å²) in [5.41, 5.74) is -0.526. The lowest BCUT2D eigenvalue weighted by atomic mass is 9.44. The Kier molecular flexibility index (Phi) is 5.64. The highest BCUT2D eigenvalue weighted by Crippen LogP contribution is 2.68. The number of ketones is 3. The average molecular weight is 457 g/mol. The topological polar surface area (TPSA) is 77.5 Å². The SMILES string of the molecule is CC(=O)O[C@H]1CC[C@@]2(C)[C@H](CC[C@@H]3[C@@H]2CC(=O)[C@@]2(C)[C@H]3C[C@@H]([C@@H]3CCCC3=O)[C@@H]2C(C)=O)C1. The number of esters is 1. The molecule has 0 saturated heterocycles. The summed E-state index contributed by atoms with van der Waals surface area (Å²) in [4.78, 5) is 51.2. The van der Waals surface area contributed by atoms with Gasteiger partial charge in [-0.05, 0) is 93.3 Å². The molecule has 5 saturated carbocycles. The molecule has 0 spiro atoms. The number of ether oxygens (including phenoxy) is 1. The molecule has 5 aliphatic carbocycles. The molecular weight excluding hydrogens is 416 g/mol. The van der Waals surface area contributed by atoms with E-state index in [-0.39, 0.29) is 52.7 Å². The molecule has 5 rings (SSSR count). The second-order valence-electron chi connectivity index (χ2n) is 12.5. The van der Waals surface area contributed by atoms with Crippen LogP contribution in [0.15, 0.2) is 0 Å². The van der Waals surface area contributed by atoms with E-state index in [0.29, 0.717) is 36.4 Å². The van der Waals surface area contributed by atoms with Gasteiger partial charge in [-0.2, -0.15) is 0 Å². The van der Waals surface area contributed by atoms with Gasteiger partial charge in [0.2, 0.25) is 0 Å². The zero-order valence-corrected chi connectivity index (χ0v) is 20.7. The van der Waals surface area contributed by atoms with E-state index in [0.717, 1.165) is 51.4 Å². The molecule has 0 aromatic carbocycles. The molecule has 0 aromatic rings. The summed E-state index contributed by atoms with van der Waals surface area (Å²) in [6.07, 6.45) is 8.85. The van der Waals surface area contributed by atoms with Crippen molar-refractivity contribution in [2.24, 2.45) is 52.3 Å². The van der Waals surface area contributed by atoms with Crippen molar-refractivity contribution in [3.8, 4) is 0 Å². The van der Waals surface area contributed by atoms with Gasteiger partial charge in [0, 0.05) is 37.0 Å². The first-order chi connectivity index (χ1) is 15.6. The van der Waals surface area contributed by atoms with Gasteiger partial charge >= 0.3 is 5.97 Å². The molecule has 0 radical (unpaired) electrons. The van der Waals surface area contributed by atoms with Crippen molar-refractivity contribution >= 4 is 23.3 Å². The van der Waals surface area contributed by atoms with Gasteiger partial charge in [-0.1, -0.05) is 13.8 Å². The van der Waals surface area contributed by atoms with Crippen LogP contribution in [0.25, 0.3) is 0 Å². The van der Waals surface area contributed by atoms with Crippen LogP contribution < -0.4 is 0 Å². The lowest BCUT2D eigenvalue weighted by Gasteiger charge is -2.60. The van der Waals surface area contributed by atoms with E-state index in [4.69, 9.17) is 4.74 Å². The van der Waals surface area contributed by atoms with Gasteiger partial charge in [0.1, 0.15) is 23.5 Å². The molecule has 5 fully saturated rings. The molecule has 33 heavy (non-hydrogen) atoms. The van der Waals surface area contributed by atoms with Crippen LogP contribution in [0.2, 0.25) is 0 Å². The summed E-state index contributed by atoms with van der Waals surface area (Å²) < 4.78 is 5.57. The number of rotatable bonds is 3. The molecule has 182 valence electrons. The molecule has 0 bridgehead atoms. The van der Waals surface area contributed by atoms with Crippen molar-refractivity contribution in [2.45, 2.75) is 98.0 Å². The largest absolute Gasteiger partial charge is 0.463 e. The summed E-state index contributed by atoms with van der Waals surface area (Å²) in [6, 6.07) is 0. The summed E-state index contributed by atoms with van der Waals surface area (Å²) >= 11 is 0. The van der Waals surface area contributed by atoms with Gasteiger partial charge < -0.3 is 4.74 Å². The molecular formula is C28H40O5. The van der Waals surface area contributed by atoms with Gasteiger partial charge in [-0.3, -0.25) is 19.2 Å². The highest BCUT2D eigenvalue weighted by atomic mass is 16.5. The predicted molar refractivity (Wildman–Crippen MR) is 123 cm³/mol. The van der Waals surface area contributed by atoms with Crippen molar-refractivity contribution in [3.63, 3.8) is 0 Å². The summed E-state index contributed by atoms with van der Waals surface area (Å²) in [6.45, 7) is 7.60. The Labute approximate surface area is 197 Å². The highest BCUT2D eigenvalue weighted by Gasteiger charge is 2.67. The van der Waals surface area contributed by atoms with Gasteiger partial charge in [-0.15, -0.1) is 0 Å². The van der Waals surface area contributed by atoms with E-state index in [9.17, 15) is 19.2 Å². The fourth-order valence-corrected chi connectivity index (χ4v) is 9.79. The van der Waals surface area contributed by atoms with E-state index in [2.05, 4.69) is 13.8 Å². The smallest absolute Gasteiger partial charge is 0.302 e. The first-order valence-corrected chi connectivity index (χ1v) is 13.3. The Bertz CT molecular complexity index is 878. The number of fused-ring (bicyclic) bond motifs is 5. The molecule has 5 aliphatic rings. The van der Waals surface area contributed by atoms with Crippen LogP contribution in [-0.2, 0) is 23.9 Å². The van der Waals surface area contributed by atoms with E-state index in [1.165, 1.54) is 6.92 Å². The van der Waals surface area contributed by atoms with Gasteiger partial charge in [-0.25, -0.2) is 0 Å². The van der Waals surface area contributed by atoms with E-state index in [1.54, 1.807) is 6.92 Å². The molecule has 0 unspecified atom stereocenters. The Hall–Kier alpha value is -1.52. The number of Topliss-reactive ketones (excluding diaryl/α,β-unsaturated/α-hetero) is 3. The van der Waals surface area contributed by atoms with Crippen LogP contribution in [0.4, 0.5) is 0 Å². The van der Waals surface area contributed by atoms with Crippen LogP contribution in [0, 0.1) is 52.3 Å². The Morgan fingerprint density at radius 3 is 2.33 bits per heavy atom. The van der Waals surface area contributed by atoms with Crippen LogP contribution >= 0.6 is 0 Å². The maximum atomic E-state index is 13.9. The second kappa shape index (κ2) is 8.02. The van der Waals surface area contributed by atoms with Crippen molar-refractivity contribution < 1.29 is 23.9 Å². The minimum atomic E-state index is -0.612. The molecule has 0 aliphatic heterocycles. The Morgan fingerprint density at radius 2 is 1.70 bits per heavy atom. The lowest BCUT2D eigenvalue weighted by molar-refractivity contribution is -0.167. The van der Waals surface area contributed by atoms with Crippen LogP contribution in [0.3, 0.4) is 0 Å². The molecule has 0 aromatic heterocycles. The normalized spacial score (nSPS) is 49.2. The van der Waals surface area contributed by atoms with Gasteiger partial charge in [0.25, 0.3) is 0 Å². The van der Waals surface area contributed by atoms with Crippen LogP contribution in [0.1, 0.15) is 91.9 Å². The molecule has 5 heteroatoms. The van der Waals surface area contributed by atoms with Crippen molar-refractivity contribution in [1.29, 1.82) is 0 Å². The quantitative estimate of drug-likeness (QED) is 0.562. The first-order valence-electron chi connectivity index (χ1n) is 13.3. The average Bonchev–Trinajstić information content (AvgIpc) is 3.30. The van der Waals surface area contributed by atoms with Crippen molar-refractivity contribution in [3.05, 3.63) is 0 Å². The van der Waals surface area contributed by atoms with Crippen molar-refractivity contribution in [2.75, 3.05) is 0 Å². The third-order valence-corrected chi connectivity index (χ3v) is 11.2. The number of carbonyl (C=O) groups is 4. The predicted octanol–water partition coefficient (Wildman–Crippen LogP) is 4.94. The summed E-state index contributed by atoms with van der Waals surface area (Å²) in [7, 11) is 0. The Balaban J connectivity index is 1.45. The first kappa shape index (κ1) is 23.2. The molecule has 0 amide bonds. The maximum Gasteiger partial charge on any atom is 0.302 e. The zero-order valence-electron chi connectivity index (χ0n) is 20.7. The third kappa shape index (κ3) is 3.38. The van der Waals surface area contributed by atoms with E-state index < -0.39 is 5.41 Å². The van der Waals surface area contributed by atoms with E-state index in [1.807, 2.05) is 0 Å². The lowest BCUT2D eigenvalue weighted by Crippen LogP contribution is -2.57. The molecule has 0 N–H and O–H groups in total. The third-order valence-electron chi connectivity index (χ3n) is 11.2. The zero-order chi connectivity index (χ0) is 23.7. The summed E-state index contributed by atoms with van der Waals surface area (Å²) in [5.74, 6) is 1.68. The van der Waals surface area contributed by atoms with Gasteiger partial charge in [0.05, 0.1) is 0 Å². The molecule has 10 atom stereocenters. The van der Waals surface area contributed by atoms with Crippen LogP contribution in [-0.4, -0.2) is 29.4 Å².